The molecule has 2 aliphatic carbocycles. The predicted octanol–water partition coefficient (Wildman–Crippen LogP) is 4.58. The van der Waals surface area contributed by atoms with Crippen molar-refractivity contribution >= 4 is 29.0 Å². The maximum absolute atomic E-state index is 13.6. The van der Waals surface area contributed by atoms with Crippen LogP contribution in [0.15, 0.2) is 73.2 Å². The monoisotopic (exact) mass is 576 g/mol. The van der Waals surface area contributed by atoms with E-state index in [-0.39, 0.29) is 17.9 Å². The van der Waals surface area contributed by atoms with Gasteiger partial charge in [0.05, 0.1) is 6.04 Å². The third-order valence-electron chi connectivity index (χ3n) is 9.20. The van der Waals surface area contributed by atoms with Crippen LogP contribution in [0.2, 0.25) is 0 Å². The quantitative estimate of drug-likeness (QED) is 0.295. The van der Waals surface area contributed by atoms with Crippen LogP contribution in [0.3, 0.4) is 0 Å². The molecule has 7 rings (SSSR count). The second-order valence-corrected chi connectivity index (χ2v) is 12.0. The second kappa shape index (κ2) is 11.3. The summed E-state index contributed by atoms with van der Waals surface area (Å²) < 4.78 is 2.01. The number of fused-ring (bicyclic) bond motifs is 2. The van der Waals surface area contributed by atoms with E-state index in [0.717, 1.165) is 43.7 Å². The molecule has 0 radical (unpaired) electrons. The molecule has 4 heterocycles. The minimum Gasteiger partial charge on any atom is -0.382 e. The van der Waals surface area contributed by atoms with Crippen LogP contribution in [0.1, 0.15) is 54.3 Å². The molecule has 3 atom stereocenters. The molecular weight excluding hydrogens is 540 g/mol. The molecular formula is C33H36N8O2. The number of hydrogen-bond acceptors (Lipinski definition) is 7. The second-order valence-electron chi connectivity index (χ2n) is 12.0. The highest BCUT2D eigenvalue weighted by Crippen LogP contribution is 2.50. The van der Waals surface area contributed by atoms with Crippen LogP contribution in [-0.4, -0.2) is 67.1 Å². The van der Waals surface area contributed by atoms with Gasteiger partial charge >= 0.3 is 0 Å². The van der Waals surface area contributed by atoms with E-state index in [1.165, 1.54) is 12.8 Å². The Labute approximate surface area is 250 Å². The average molecular weight is 577 g/mol. The van der Waals surface area contributed by atoms with Crippen LogP contribution in [0.4, 0.5) is 11.6 Å². The van der Waals surface area contributed by atoms with Crippen molar-refractivity contribution in [2.45, 2.75) is 44.2 Å². The number of anilines is 2. The number of nitrogens with zero attached hydrogens (tertiary/aromatic N) is 6. The van der Waals surface area contributed by atoms with Gasteiger partial charge in [-0.3, -0.25) is 18.9 Å². The number of aromatic nitrogens is 4. The van der Waals surface area contributed by atoms with E-state index in [0.29, 0.717) is 46.3 Å². The van der Waals surface area contributed by atoms with Gasteiger partial charge in [0.15, 0.2) is 0 Å². The summed E-state index contributed by atoms with van der Waals surface area (Å²) in [7, 11) is 2.12. The zero-order chi connectivity index (χ0) is 29.5. The van der Waals surface area contributed by atoms with Gasteiger partial charge in [-0.05, 0) is 68.8 Å². The van der Waals surface area contributed by atoms with Gasteiger partial charge in [0.1, 0.15) is 28.7 Å². The molecule has 4 aromatic rings. The van der Waals surface area contributed by atoms with E-state index in [2.05, 4.69) is 27.2 Å². The fraction of sp³-hybridized carbons (Fsp3) is 0.364. The lowest BCUT2D eigenvalue weighted by Gasteiger charge is -2.26. The number of carbonyl (C=O) groups is 2. The van der Waals surface area contributed by atoms with Gasteiger partial charge in [-0.2, -0.15) is 0 Å². The topological polar surface area (TPSA) is 122 Å². The number of imidazole rings is 1. The fourth-order valence-corrected chi connectivity index (χ4v) is 6.84. The summed E-state index contributed by atoms with van der Waals surface area (Å²) in [5.41, 5.74) is 9.17. The largest absolute Gasteiger partial charge is 0.382 e. The molecule has 2 amide bonds. The summed E-state index contributed by atoms with van der Waals surface area (Å²) in [4.78, 5) is 44.5. The van der Waals surface area contributed by atoms with Crippen molar-refractivity contribution in [1.82, 2.24) is 29.2 Å². The van der Waals surface area contributed by atoms with E-state index in [4.69, 9.17) is 10.7 Å². The van der Waals surface area contributed by atoms with Crippen molar-refractivity contribution < 1.29 is 9.59 Å². The minimum atomic E-state index is -0.245. The van der Waals surface area contributed by atoms with Crippen molar-refractivity contribution in [3.05, 3.63) is 84.6 Å². The normalized spacial score (nSPS) is 21.6. The first kappa shape index (κ1) is 27.3. The molecule has 3 N–H and O–H groups in total. The lowest BCUT2D eigenvalue weighted by atomic mass is 9.93. The number of nitrogens with two attached hydrogens (primary N) is 1. The van der Waals surface area contributed by atoms with Crippen LogP contribution >= 0.6 is 0 Å². The first-order valence-electron chi connectivity index (χ1n) is 15.1. The average Bonchev–Trinajstić information content (AvgIpc) is 3.50. The first-order chi connectivity index (χ1) is 21.0. The summed E-state index contributed by atoms with van der Waals surface area (Å²) in [6.45, 7) is 1.51. The third kappa shape index (κ3) is 5.27. The lowest BCUT2D eigenvalue weighted by molar-refractivity contribution is -0.127. The number of pyridine rings is 1. The Morgan fingerprint density at radius 2 is 1.91 bits per heavy atom. The van der Waals surface area contributed by atoms with Crippen molar-refractivity contribution in [1.29, 1.82) is 0 Å². The Kier molecular flexibility index (Phi) is 7.14. The smallest absolute Gasteiger partial charge is 0.256 e. The SMILES string of the molecule is CN(C/C=C/C(=O)N1CC2CCCC2[C@H]1c1nc(-c2ccc(C(=O)Nc3ccccn3)cc2)c2c(N)nccn12)C1CC1. The van der Waals surface area contributed by atoms with Gasteiger partial charge in [-0.15, -0.1) is 0 Å². The van der Waals surface area contributed by atoms with Crippen LogP contribution in [0.5, 0.6) is 0 Å². The molecule has 2 saturated carbocycles. The van der Waals surface area contributed by atoms with Gasteiger partial charge in [0, 0.05) is 54.9 Å². The summed E-state index contributed by atoms with van der Waals surface area (Å²) in [6.07, 6.45) is 14.8. The molecule has 1 aliphatic heterocycles. The third-order valence-corrected chi connectivity index (χ3v) is 9.20. The summed E-state index contributed by atoms with van der Waals surface area (Å²) in [6, 6.07) is 13.2. The minimum absolute atomic E-state index is 0.0344. The maximum Gasteiger partial charge on any atom is 0.256 e. The summed E-state index contributed by atoms with van der Waals surface area (Å²) in [5, 5.41) is 2.82. The summed E-state index contributed by atoms with van der Waals surface area (Å²) >= 11 is 0. The molecule has 2 unspecified atom stereocenters. The fourth-order valence-electron chi connectivity index (χ4n) is 6.84. The Balaban J connectivity index is 1.21. The molecule has 3 fully saturated rings. The van der Waals surface area contributed by atoms with Gasteiger partial charge in [-0.25, -0.2) is 15.0 Å². The van der Waals surface area contributed by atoms with E-state index >= 15 is 0 Å². The number of carbonyl (C=O) groups excluding carboxylic acids is 2. The molecule has 1 saturated heterocycles. The zero-order valence-electron chi connectivity index (χ0n) is 24.3. The molecule has 43 heavy (non-hydrogen) atoms. The number of nitrogens with one attached hydrogen (secondary N) is 1. The Bertz CT molecular complexity index is 1680. The van der Waals surface area contributed by atoms with Crippen LogP contribution in [-0.2, 0) is 4.79 Å². The van der Waals surface area contributed by atoms with E-state index in [9.17, 15) is 9.59 Å². The molecule has 10 heteroatoms. The van der Waals surface area contributed by atoms with Gasteiger partial charge in [0.25, 0.3) is 5.91 Å². The molecule has 3 aromatic heterocycles. The number of benzene rings is 1. The van der Waals surface area contributed by atoms with E-state index in [1.807, 2.05) is 39.8 Å². The lowest BCUT2D eigenvalue weighted by Crippen LogP contribution is -2.32. The number of amides is 2. The van der Waals surface area contributed by atoms with Gasteiger partial charge < -0.3 is 16.0 Å². The van der Waals surface area contributed by atoms with Crippen molar-refractivity contribution in [2.75, 3.05) is 31.2 Å². The van der Waals surface area contributed by atoms with Gasteiger partial charge in [-0.1, -0.05) is 30.7 Å². The molecule has 3 aliphatic rings. The van der Waals surface area contributed by atoms with Crippen LogP contribution in [0, 0.1) is 11.8 Å². The van der Waals surface area contributed by atoms with Crippen molar-refractivity contribution in [2.24, 2.45) is 11.8 Å². The van der Waals surface area contributed by atoms with Crippen LogP contribution in [0.25, 0.3) is 16.8 Å². The van der Waals surface area contributed by atoms with Gasteiger partial charge in [0.2, 0.25) is 5.91 Å². The molecule has 10 nitrogen and oxygen atoms in total. The van der Waals surface area contributed by atoms with Crippen molar-refractivity contribution in [3.8, 4) is 11.3 Å². The summed E-state index contributed by atoms with van der Waals surface area (Å²) in [5.74, 6) is 2.27. The highest BCUT2D eigenvalue weighted by Gasteiger charge is 2.48. The predicted molar refractivity (Wildman–Crippen MR) is 165 cm³/mol. The standard InChI is InChI=1S/C33H36N8O2/c1-39(24-14-15-24)18-5-9-27(42)41-20-23-6-4-7-25(23)29(41)32-38-28(30-31(34)36-17-19-40(30)32)21-10-12-22(13-11-21)33(43)37-26-8-2-3-16-35-26/h2-3,5,8-13,16-17,19,23-25,29H,4,6-7,14-15,18,20H2,1H3,(H2,34,36)(H,35,37,43)/b9-5+/t23?,25?,29-/m0/s1. The number of likely N-dealkylation sites (tertiary alicyclic amines) is 1. The highest BCUT2D eigenvalue weighted by atomic mass is 16.2. The zero-order valence-corrected chi connectivity index (χ0v) is 24.3. The molecule has 1 aromatic carbocycles. The molecule has 0 bridgehead atoms. The molecule has 0 spiro atoms. The Hall–Kier alpha value is -4.57. The Morgan fingerprint density at radius 1 is 1.07 bits per heavy atom. The van der Waals surface area contributed by atoms with Crippen LogP contribution < -0.4 is 11.1 Å². The number of rotatable bonds is 8. The maximum atomic E-state index is 13.6. The van der Waals surface area contributed by atoms with Crippen molar-refractivity contribution in [3.63, 3.8) is 0 Å². The van der Waals surface area contributed by atoms with E-state index in [1.54, 1.807) is 42.7 Å². The first-order valence-corrected chi connectivity index (χ1v) is 15.1. The van der Waals surface area contributed by atoms with E-state index < -0.39 is 0 Å². The number of nitrogen functional groups attached to an aromatic ring is 1. The highest BCUT2D eigenvalue weighted by molar-refractivity contribution is 6.04. The Morgan fingerprint density at radius 3 is 2.67 bits per heavy atom. The number of likely N-dealkylation sites (N-methyl/N-ethyl adjacent to an activating group) is 1. The molecule has 220 valence electrons. The number of hydrogen-bond donors (Lipinski definition) is 2.